The fraction of sp³-hybridized carbons (Fsp3) is 0.148. The fourth-order valence-electron chi connectivity index (χ4n) is 3.72. The molecule has 1 amide bonds. The number of hydrogen-bond donors (Lipinski definition) is 1. The van der Waals surface area contributed by atoms with Crippen LogP contribution in [0.2, 0.25) is 0 Å². The van der Waals surface area contributed by atoms with Crippen LogP contribution in [-0.2, 0) is 14.4 Å². The number of amides is 1. The van der Waals surface area contributed by atoms with Gasteiger partial charge in [0, 0.05) is 42.4 Å². The van der Waals surface area contributed by atoms with E-state index in [0.29, 0.717) is 27.9 Å². The van der Waals surface area contributed by atoms with Gasteiger partial charge in [0.25, 0.3) is 5.91 Å². The van der Waals surface area contributed by atoms with Crippen LogP contribution in [0.25, 0.3) is 33.4 Å². The SMILES string of the molecule is C=O.C=O.CONC(=O)c1c(-c2ccc(F)cc2)oc2cc(N(C)C)c(-c3cccc(C)c3)cc12. The maximum atomic E-state index is 13.5. The van der Waals surface area contributed by atoms with E-state index in [0.717, 1.165) is 22.4 Å². The van der Waals surface area contributed by atoms with Crippen molar-refractivity contribution in [3.63, 3.8) is 0 Å². The fourth-order valence-corrected chi connectivity index (χ4v) is 3.72. The number of carbonyl (C=O) groups excluding carboxylic acids is 3. The maximum absolute atomic E-state index is 13.5. The van der Waals surface area contributed by atoms with Gasteiger partial charge >= 0.3 is 0 Å². The van der Waals surface area contributed by atoms with Crippen LogP contribution in [0.4, 0.5) is 10.1 Å². The molecule has 35 heavy (non-hydrogen) atoms. The van der Waals surface area contributed by atoms with Crippen molar-refractivity contribution >= 4 is 36.1 Å². The van der Waals surface area contributed by atoms with Gasteiger partial charge in [0.1, 0.15) is 30.7 Å². The van der Waals surface area contributed by atoms with E-state index in [2.05, 4.69) is 11.5 Å². The Balaban J connectivity index is 0.00000103. The first-order valence-corrected chi connectivity index (χ1v) is 10.4. The summed E-state index contributed by atoms with van der Waals surface area (Å²) in [5.74, 6) is -0.441. The van der Waals surface area contributed by atoms with Crippen LogP contribution in [0, 0.1) is 12.7 Å². The largest absolute Gasteiger partial charge is 0.455 e. The summed E-state index contributed by atoms with van der Waals surface area (Å²) in [6, 6.07) is 17.9. The van der Waals surface area contributed by atoms with Crippen molar-refractivity contribution < 1.29 is 28.0 Å². The number of carbonyl (C=O) groups is 3. The molecule has 1 heterocycles. The lowest BCUT2D eigenvalue weighted by Crippen LogP contribution is -2.22. The third-order valence-corrected chi connectivity index (χ3v) is 5.15. The molecule has 182 valence electrons. The molecule has 0 radical (unpaired) electrons. The monoisotopic (exact) mass is 478 g/mol. The van der Waals surface area contributed by atoms with Crippen LogP contribution in [0.15, 0.2) is 65.1 Å². The molecule has 0 saturated carbocycles. The van der Waals surface area contributed by atoms with Crippen LogP contribution >= 0.6 is 0 Å². The second kappa shape index (κ2) is 12.2. The highest BCUT2D eigenvalue weighted by molar-refractivity contribution is 6.12. The molecule has 8 heteroatoms. The smallest absolute Gasteiger partial charge is 0.279 e. The highest BCUT2D eigenvalue weighted by atomic mass is 19.1. The summed E-state index contributed by atoms with van der Waals surface area (Å²) in [7, 11) is 5.30. The molecule has 0 fully saturated rings. The van der Waals surface area contributed by atoms with Crippen LogP contribution in [0.1, 0.15) is 15.9 Å². The van der Waals surface area contributed by atoms with Crippen LogP contribution in [0.5, 0.6) is 0 Å². The minimum Gasteiger partial charge on any atom is -0.455 e. The summed E-state index contributed by atoms with van der Waals surface area (Å²) in [5, 5.41) is 0.649. The van der Waals surface area contributed by atoms with E-state index in [-0.39, 0.29) is 5.82 Å². The Hall–Kier alpha value is -4.30. The van der Waals surface area contributed by atoms with Gasteiger partial charge < -0.3 is 18.9 Å². The number of hydroxylamine groups is 1. The van der Waals surface area contributed by atoms with Crippen molar-refractivity contribution in [2.24, 2.45) is 0 Å². The van der Waals surface area contributed by atoms with Crippen molar-refractivity contribution in [1.29, 1.82) is 0 Å². The Morgan fingerprint density at radius 2 is 1.63 bits per heavy atom. The molecular formula is C27H27FN2O5. The molecule has 0 atom stereocenters. The Kier molecular flexibility index (Phi) is 9.43. The third kappa shape index (κ3) is 5.80. The average molecular weight is 479 g/mol. The molecule has 0 aliphatic heterocycles. The molecule has 3 aromatic carbocycles. The van der Waals surface area contributed by atoms with E-state index in [4.69, 9.17) is 18.8 Å². The zero-order valence-electron chi connectivity index (χ0n) is 20.1. The van der Waals surface area contributed by atoms with Gasteiger partial charge in [-0.3, -0.25) is 9.63 Å². The van der Waals surface area contributed by atoms with Gasteiger partial charge in [-0.1, -0.05) is 29.8 Å². The number of anilines is 1. The quantitative estimate of drug-likeness (QED) is 0.397. The number of rotatable bonds is 5. The Morgan fingerprint density at radius 1 is 0.971 bits per heavy atom. The lowest BCUT2D eigenvalue weighted by molar-refractivity contribution is -0.0987. The van der Waals surface area contributed by atoms with Crippen LogP contribution in [0.3, 0.4) is 0 Å². The summed E-state index contributed by atoms with van der Waals surface area (Å²) in [6.07, 6.45) is 0. The Bertz CT molecular complexity index is 1300. The second-order valence-electron chi connectivity index (χ2n) is 7.58. The van der Waals surface area contributed by atoms with Gasteiger partial charge in [-0.2, -0.15) is 0 Å². The number of halogens is 1. The predicted molar refractivity (Wildman–Crippen MR) is 135 cm³/mol. The number of furan rings is 1. The van der Waals surface area contributed by atoms with Gasteiger partial charge in [0.2, 0.25) is 0 Å². The minimum atomic E-state index is -0.437. The molecule has 7 nitrogen and oxygen atoms in total. The Labute approximate surface area is 203 Å². The van der Waals surface area contributed by atoms with E-state index >= 15 is 0 Å². The maximum Gasteiger partial charge on any atom is 0.279 e. The molecule has 1 aromatic heterocycles. The zero-order chi connectivity index (χ0) is 26.1. The molecule has 0 spiro atoms. The Morgan fingerprint density at radius 3 is 2.20 bits per heavy atom. The molecule has 0 aliphatic rings. The lowest BCUT2D eigenvalue weighted by atomic mass is 9.97. The lowest BCUT2D eigenvalue weighted by Gasteiger charge is -2.18. The van der Waals surface area contributed by atoms with E-state index < -0.39 is 5.91 Å². The molecule has 0 bridgehead atoms. The van der Waals surface area contributed by atoms with E-state index in [1.54, 1.807) is 12.1 Å². The molecule has 0 unspecified atom stereocenters. The first kappa shape index (κ1) is 26.9. The van der Waals surface area contributed by atoms with Crippen molar-refractivity contribution in [1.82, 2.24) is 5.48 Å². The van der Waals surface area contributed by atoms with Crippen molar-refractivity contribution in [2.45, 2.75) is 6.92 Å². The second-order valence-corrected chi connectivity index (χ2v) is 7.58. The highest BCUT2D eigenvalue weighted by Gasteiger charge is 2.24. The average Bonchev–Trinajstić information content (AvgIpc) is 3.25. The van der Waals surface area contributed by atoms with Crippen LogP contribution < -0.4 is 10.4 Å². The van der Waals surface area contributed by atoms with Gasteiger partial charge in [0.15, 0.2) is 0 Å². The molecule has 4 rings (SSSR count). The predicted octanol–water partition coefficient (Wildman–Crippen LogP) is 5.20. The summed E-state index contributed by atoms with van der Waals surface area (Å²) < 4.78 is 19.6. The van der Waals surface area contributed by atoms with Crippen molar-refractivity contribution in [3.8, 4) is 22.5 Å². The van der Waals surface area contributed by atoms with Crippen molar-refractivity contribution in [2.75, 3.05) is 26.1 Å². The first-order chi connectivity index (χ1) is 16.9. The molecule has 1 N–H and O–H groups in total. The third-order valence-electron chi connectivity index (χ3n) is 5.15. The summed E-state index contributed by atoms with van der Waals surface area (Å²) in [5.41, 5.74) is 7.97. The first-order valence-electron chi connectivity index (χ1n) is 10.4. The van der Waals surface area contributed by atoms with E-state index in [1.807, 2.05) is 69.8 Å². The van der Waals surface area contributed by atoms with Gasteiger partial charge in [-0.25, -0.2) is 9.87 Å². The van der Waals surface area contributed by atoms with Crippen LogP contribution in [-0.4, -0.2) is 40.7 Å². The summed E-state index contributed by atoms with van der Waals surface area (Å²) >= 11 is 0. The standard InChI is InChI=1S/C25H23FN2O3.2CH2O/c1-15-6-5-7-17(12-15)19-13-20-22(14-21(19)28(2)3)31-24(23(20)25(29)27-30-4)16-8-10-18(26)11-9-16;2*1-2/h5-14H,1-4H3,(H,27,29);2*1H2. The zero-order valence-corrected chi connectivity index (χ0v) is 20.1. The summed E-state index contributed by atoms with van der Waals surface area (Å²) in [4.78, 5) is 35.8. The van der Waals surface area contributed by atoms with E-state index in [1.165, 1.54) is 19.2 Å². The van der Waals surface area contributed by atoms with E-state index in [9.17, 15) is 9.18 Å². The van der Waals surface area contributed by atoms with Crippen molar-refractivity contribution in [3.05, 3.63) is 77.6 Å². The molecule has 0 saturated heterocycles. The van der Waals surface area contributed by atoms with Gasteiger partial charge in [0.05, 0.1) is 12.7 Å². The minimum absolute atomic E-state index is 0.336. The molecule has 0 aliphatic carbocycles. The number of fused-ring (bicyclic) bond motifs is 1. The number of aryl methyl sites for hydroxylation is 1. The number of benzene rings is 3. The molecular weight excluding hydrogens is 451 g/mol. The molecule has 4 aromatic rings. The number of hydrogen-bond acceptors (Lipinski definition) is 6. The van der Waals surface area contributed by atoms with Gasteiger partial charge in [-0.05, 0) is 42.8 Å². The number of nitrogens with zero attached hydrogens (tertiary/aromatic N) is 1. The normalized spacial score (nSPS) is 9.97. The highest BCUT2D eigenvalue weighted by Crippen LogP contribution is 2.40. The topological polar surface area (TPSA) is 88.8 Å². The number of nitrogens with one attached hydrogen (secondary N) is 1. The van der Waals surface area contributed by atoms with Gasteiger partial charge in [-0.15, -0.1) is 0 Å². The summed E-state index contributed by atoms with van der Waals surface area (Å²) in [6.45, 7) is 6.04.